The average molecular weight is 988 g/mol. The number of hydrogen-bond acceptors (Lipinski definition) is 15. The van der Waals surface area contributed by atoms with Gasteiger partial charge in [0.05, 0.1) is 104 Å². The van der Waals surface area contributed by atoms with E-state index in [2.05, 4.69) is 31.0 Å². The molecule has 16 heteroatoms. The molecule has 71 heavy (non-hydrogen) atoms. The van der Waals surface area contributed by atoms with Gasteiger partial charge in [0.1, 0.15) is 6.04 Å². The van der Waals surface area contributed by atoms with Crippen molar-refractivity contribution in [2.24, 2.45) is 0 Å². The van der Waals surface area contributed by atoms with Crippen molar-refractivity contribution in [2.75, 3.05) is 125 Å². The van der Waals surface area contributed by atoms with Crippen molar-refractivity contribution in [3.05, 3.63) is 94.1 Å². The smallest absolute Gasteiger partial charge is 0.331 e. The molecule has 1 aliphatic rings. The quantitative estimate of drug-likeness (QED) is 0.0234. The molecule has 0 fully saturated rings. The van der Waals surface area contributed by atoms with Gasteiger partial charge in [0, 0.05) is 55.6 Å². The summed E-state index contributed by atoms with van der Waals surface area (Å²) in [6.07, 6.45) is 6.35. The summed E-state index contributed by atoms with van der Waals surface area (Å²) in [6, 6.07) is 16.1. The lowest BCUT2D eigenvalue weighted by molar-refractivity contribution is -0.941. The standard InChI is InChI=1S/C55H75N2O14/c1-36(28-37-16-17-43(60-4)44(30-37)61-5)52-40(34-49(66-10)54(68-12)55(52)69-13)20-23-56(2)22-14-26-70-50(58)18-19-51(59)71-27-15-24-57(3)25-21-39-33-45(62-6)46(63-7)35-41(39)42(57)29-38-31-47(64-8)53(67-11)48(32-38)65-9/h16-19,30-36,42H,14-15,20-29H2,1-13H3/q+1/b19-18-. The van der Waals surface area contributed by atoms with Crippen LogP contribution in [-0.2, 0) is 44.7 Å². The lowest BCUT2D eigenvalue weighted by Crippen LogP contribution is -2.52. The Morgan fingerprint density at radius 1 is 0.620 bits per heavy atom. The molecule has 0 amide bonds. The number of nitrogens with zero attached hydrogens (tertiary/aromatic N) is 2. The van der Waals surface area contributed by atoms with E-state index in [-0.39, 0.29) is 25.2 Å². The van der Waals surface area contributed by atoms with Gasteiger partial charge in [-0.25, -0.2) is 9.59 Å². The van der Waals surface area contributed by atoms with Gasteiger partial charge in [-0.05, 0) is 96.9 Å². The third-order valence-electron chi connectivity index (χ3n) is 13.3. The summed E-state index contributed by atoms with van der Waals surface area (Å²) in [5.41, 5.74) is 6.58. The summed E-state index contributed by atoms with van der Waals surface area (Å²) in [4.78, 5) is 27.6. The van der Waals surface area contributed by atoms with Crippen molar-refractivity contribution in [1.82, 2.24) is 4.90 Å². The normalized spacial score (nSPS) is 15.6. The first-order chi connectivity index (χ1) is 34.2. The van der Waals surface area contributed by atoms with Crippen LogP contribution in [0, 0.1) is 0 Å². The topological polar surface area (TPSA) is 148 Å². The minimum Gasteiger partial charge on any atom is -0.493 e. The number of carbonyl (C=O) groups is 2. The zero-order chi connectivity index (χ0) is 51.7. The molecule has 3 unspecified atom stereocenters. The summed E-state index contributed by atoms with van der Waals surface area (Å²) in [5.74, 6) is 5.01. The number of carbonyl (C=O) groups excluding carboxylic acids is 2. The summed E-state index contributed by atoms with van der Waals surface area (Å²) < 4.78 is 68.6. The van der Waals surface area contributed by atoms with Crippen molar-refractivity contribution in [1.29, 1.82) is 0 Å². The molecule has 0 aliphatic carbocycles. The van der Waals surface area contributed by atoms with Crippen LogP contribution >= 0.6 is 0 Å². The van der Waals surface area contributed by atoms with Gasteiger partial charge in [0.25, 0.3) is 0 Å². The molecule has 16 nitrogen and oxygen atoms in total. The second kappa shape index (κ2) is 26.6. The first-order valence-electron chi connectivity index (χ1n) is 23.9. The minimum atomic E-state index is -0.609. The molecular weight excluding hydrogens is 913 g/mol. The first-order valence-corrected chi connectivity index (χ1v) is 23.9. The largest absolute Gasteiger partial charge is 0.493 e. The van der Waals surface area contributed by atoms with Gasteiger partial charge in [-0.3, -0.25) is 0 Å². The Morgan fingerprint density at radius 2 is 1.15 bits per heavy atom. The number of rotatable bonds is 28. The molecule has 388 valence electrons. The van der Waals surface area contributed by atoms with E-state index in [1.165, 1.54) is 5.56 Å². The van der Waals surface area contributed by atoms with Crippen LogP contribution < -0.4 is 47.4 Å². The van der Waals surface area contributed by atoms with Crippen LogP contribution in [0.25, 0.3) is 0 Å². The fourth-order valence-electron chi connectivity index (χ4n) is 9.61. The Labute approximate surface area is 420 Å². The molecule has 0 aromatic heterocycles. The number of methoxy groups -OCH3 is 10. The highest BCUT2D eigenvalue weighted by atomic mass is 16.6. The van der Waals surface area contributed by atoms with Gasteiger partial charge in [0.15, 0.2) is 46.0 Å². The fraction of sp³-hybridized carbons (Fsp3) is 0.491. The summed E-state index contributed by atoms with van der Waals surface area (Å²) in [7, 11) is 20.5. The van der Waals surface area contributed by atoms with E-state index in [0.29, 0.717) is 94.2 Å². The number of hydrogen-bond donors (Lipinski definition) is 0. The Bertz CT molecular complexity index is 2410. The van der Waals surface area contributed by atoms with Crippen LogP contribution in [0.4, 0.5) is 0 Å². The molecule has 5 rings (SSSR count). The van der Waals surface area contributed by atoms with Gasteiger partial charge in [-0.1, -0.05) is 13.0 Å². The zero-order valence-corrected chi connectivity index (χ0v) is 44.0. The molecule has 0 saturated heterocycles. The monoisotopic (exact) mass is 988 g/mol. The fourth-order valence-corrected chi connectivity index (χ4v) is 9.61. The molecule has 0 spiro atoms. The van der Waals surface area contributed by atoms with Crippen molar-refractivity contribution in [2.45, 2.75) is 57.4 Å². The zero-order valence-electron chi connectivity index (χ0n) is 44.0. The third kappa shape index (κ3) is 13.9. The van der Waals surface area contributed by atoms with Gasteiger partial charge in [0.2, 0.25) is 11.5 Å². The minimum absolute atomic E-state index is 0.0111. The van der Waals surface area contributed by atoms with Gasteiger partial charge >= 0.3 is 11.9 Å². The van der Waals surface area contributed by atoms with E-state index in [0.717, 1.165) is 72.4 Å². The lowest BCUT2D eigenvalue weighted by atomic mass is 9.86. The number of quaternary nitrogens is 1. The predicted octanol–water partition coefficient (Wildman–Crippen LogP) is 8.00. The molecule has 0 N–H and O–H groups in total. The molecule has 0 saturated carbocycles. The molecule has 4 aromatic carbocycles. The van der Waals surface area contributed by atoms with Gasteiger partial charge in [-0.2, -0.15) is 0 Å². The molecular formula is C55H75N2O14+. The second-order valence-electron chi connectivity index (χ2n) is 17.8. The highest BCUT2D eigenvalue weighted by Gasteiger charge is 2.40. The molecule has 0 radical (unpaired) electrons. The number of esters is 2. The van der Waals surface area contributed by atoms with Crippen LogP contribution in [0.2, 0.25) is 0 Å². The van der Waals surface area contributed by atoms with Crippen LogP contribution in [0.5, 0.6) is 57.5 Å². The third-order valence-corrected chi connectivity index (χ3v) is 13.3. The Balaban J connectivity index is 1.13. The van der Waals surface area contributed by atoms with Crippen molar-refractivity contribution < 1.29 is 70.9 Å². The number of fused-ring (bicyclic) bond motifs is 1. The van der Waals surface area contributed by atoms with E-state index in [1.54, 1.807) is 71.1 Å². The van der Waals surface area contributed by atoms with E-state index in [4.69, 9.17) is 56.8 Å². The molecule has 1 heterocycles. The van der Waals surface area contributed by atoms with Gasteiger partial charge in [-0.15, -0.1) is 0 Å². The first kappa shape index (κ1) is 55.4. The second-order valence-corrected chi connectivity index (χ2v) is 17.8. The highest BCUT2D eigenvalue weighted by molar-refractivity contribution is 5.91. The summed E-state index contributed by atoms with van der Waals surface area (Å²) in [5, 5.41) is 0. The maximum absolute atomic E-state index is 12.8. The molecule has 1 aliphatic heterocycles. The molecule has 3 atom stereocenters. The van der Waals surface area contributed by atoms with Gasteiger partial charge < -0.3 is 66.2 Å². The van der Waals surface area contributed by atoms with Crippen LogP contribution in [0.1, 0.15) is 65.1 Å². The van der Waals surface area contributed by atoms with E-state index in [9.17, 15) is 9.59 Å². The highest BCUT2D eigenvalue weighted by Crippen LogP contribution is 2.47. The van der Waals surface area contributed by atoms with E-state index in [1.807, 2.05) is 43.4 Å². The number of ether oxygens (including phenoxy) is 12. The average Bonchev–Trinajstić information content (AvgIpc) is 3.39. The summed E-state index contributed by atoms with van der Waals surface area (Å²) in [6.45, 7) is 5.51. The number of benzene rings is 4. The van der Waals surface area contributed by atoms with Crippen LogP contribution in [0.3, 0.4) is 0 Å². The van der Waals surface area contributed by atoms with Crippen LogP contribution in [0.15, 0.2) is 60.7 Å². The van der Waals surface area contributed by atoms with Crippen molar-refractivity contribution in [3.63, 3.8) is 0 Å². The van der Waals surface area contributed by atoms with Crippen molar-refractivity contribution >= 4 is 11.9 Å². The molecule has 4 aromatic rings. The van der Waals surface area contributed by atoms with Crippen LogP contribution in [-0.4, -0.2) is 146 Å². The maximum Gasteiger partial charge on any atom is 0.331 e. The predicted molar refractivity (Wildman–Crippen MR) is 271 cm³/mol. The lowest BCUT2D eigenvalue weighted by Gasteiger charge is -2.46. The Hall–Kier alpha value is -6.52. The Morgan fingerprint density at radius 3 is 1.73 bits per heavy atom. The van der Waals surface area contributed by atoms with E-state index < -0.39 is 11.9 Å². The maximum atomic E-state index is 12.8. The van der Waals surface area contributed by atoms with E-state index >= 15 is 0 Å². The Kier molecular flexibility index (Phi) is 20.8. The molecule has 0 bridgehead atoms. The number of likely N-dealkylation sites (N-methyl/N-ethyl adjacent to an activating group) is 2. The SMILES string of the molecule is COc1ccc(CC(C)c2c(CCN(C)CCCOC(=O)/C=C\C(=O)OCCC[N+]3(C)CCc4cc(OC)c(OC)cc4C3Cc3cc(OC)c(OC)c(OC)c3)cc(OC)c(OC)c2OC)cc1OC. The summed E-state index contributed by atoms with van der Waals surface area (Å²) >= 11 is 0. The van der Waals surface area contributed by atoms with Crippen molar-refractivity contribution in [3.8, 4) is 57.5 Å².